The van der Waals surface area contributed by atoms with E-state index in [1.807, 2.05) is 0 Å². The molecule has 1 aliphatic rings. The largest absolute Gasteiger partial charge is 0.322 e. The Labute approximate surface area is 52.7 Å². The Morgan fingerprint density at radius 3 is 2.62 bits per heavy atom. The van der Waals surface area contributed by atoms with Crippen LogP contribution in [-0.2, 0) is 4.79 Å². The summed E-state index contributed by atoms with van der Waals surface area (Å²) >= 11 is 5.58. The maximum Gasteiger partial charge on any atom is 0.247 e. The first kappa shape index (κ1) is 5.63. The molecule has 1 rings (SSSR count). The van der Waals surface area contributed by atoms with Crippen molar-refractivity contribution in [3.8, 4) is 0 Å². The molecule has 3 heteroatoms. The van der Waals surface area contributed by atoms with Crippen molar-refractivity contribution >= 4 is 17.5 Å². The van der Waals surface area contributed by atoms with Gasteiger partial charge in [-0.2, -0.15) is 0 Å². The van der Waals surface area contributed by atoms with Gasteiger partial charge in [-0.3, -0.25) is 4.79 Å². The predicted octanol–water partition coefficient (Wildman–Crippen LogP) is 0.579. The van der Waals surface area contributed by atoms with Crippen LogP contribution >= 0.6 is 11.6 Å². The van der Waals surface area contributed by atoms with Crippen molar-refractivity contribution in [3.63, 3.8) is 0 Å². The van der Waals surface area contributed by atoms with Crippen LogP contribution < -0.4 is 0 Å². The van der Waals surface area contributed by atoms with Crippen LogP contribution in [0.3, 0.4) is 0 Å². The molecule has 0 spiro atoms. The van der Waals surface area contributed by atoms with Gasteiger partial charge in [0.2, 0.25) is 5.91 Å². The van der Waals surface area contributed by atoms with E-state index in [0.29, 0.717) is 0 Å². The highest BCUT2D eigenvalue weighted by molar-refractivity contribution is 6.24. The minimum Gasteiger partial charge on any atom is -0.322 e. The van der Waals surface area contributed by atoms with Gasteiger partial charge < -0.3 is 4.90 Å². The zero-order valence-corrected chi connectivity index (χ0v) is 5.22. The second-order valence-corrected chi connectivity index (χ2v) is 2.13. The molecule has 1 amide bonds. The summed E-state index contributed by atoms with van der Waals surface area (Å²) < 4.78 is 0. The Kier molecular flexibility index (Phi) is 1.26. The number of nitrogens with zero attached hydrogens (tertiary/aromatic N) is 1. The Morgan fingerprint density at radius 1 is 1.88 bits per heavy atom. The van der Waals surface area contributed by atoms with Crippen LogP contribution in [0, 0.1) is 0 Å². The summed E-state index contributed by atoms with van der Waals surface area (Å²) in [7, 11) is 1.67. The standard InChI is InChI=1S/C5H6ClNO/c1-7-4(6)2-3-5(7)8/h2-4H,1H3. The molecule has 1 atom stereocenters. The van der Waals surface area contributed by atoms with Gasteiger partial charge in [0, 0.05) is 13.1 Å². The minimum atomic E-state index is -0.234. The third-order valence-electron chi connectivity index (χ3n) is 1.12. The number of carbonyl (C=O) groups excluding carboxylic acids is 1. The predicted molar refractivity (Wildman–Crippen MR) is 31.6 cm³/mol. The second kappa shape index (κ2) is 1.78. The van der Waals surface area contributed by atoms with Crippen LogP contribution in [0.25, 0.3) is 0 Å². The summed E-state index contributed by atoms with van der Waals surface area (Å²) in [5, 5.41) is 0. The molecule has 0 aromatic rings. The van der Waals surface area contributed by atoms with E-state index in [9.17, 15) is 4.79 Å². The van der Waals surface area contributed by atoms with Crippen molar-refractivity contribution in [2.75, 3.05) is 7.05 Å². The fourth-order valence-corrected chi connectivity index (χ4v) is 0.699. The topological polar surface area (TPSA) is 20.3 Å². The first-order valence-electron chi connectivity index (χ1n) is 2.31. The van der Waals surface area contributed by atoms with Crippen LogP contribution in [0.4, 0.5) is 0 Å². The minimum absolute atomic E-state index is 0.0231. The Hall–Kier alpha value is -0.500. The number of alkyl halides is 1. The first-order chi connectivity index (χ1) is 3.72. The molecular formula is C5H6ClNO. The summed E-state index contributed by atoms with van der Waals surface area (Å²) in [6, 6.07) is 0. The summed E-state index contributed by atoms with van der Waals surface area (Å²) in [5.41, 5.74) is -0.234. The number of rotatable bonds is 0. The molecule has 0 bridgehead atoms. The monoisotopic (exact) mass is 131 g/mol. The van der Waals surface area contributed by atoms with Gasteiger partial charge in [-0.15, -0.1) is 0 Å². The van der Waals surface area contributed by atoms with Gasteiger partial charge in [-0.25, -0.2) is 0 Å². The van der Waals surface area contributed by atoms with Crippen LogP contribution in [0.1, 0.15) is 0 Å². The van der Waals surface area contributed by atoms with Gasteiger partial charge >= 0.3 is 0 Å². The van der Waals surface area contributed by atoms with Gasteiger partial charge in [0.25, 0.3) is 0 Å². The molecule has 1 aliphatic heterocycles. The quantitative estimate of drug-likeness (QED) is 0.348. The van der Waals surface area contributed by atoms with E-state index in [2.05, 4.69) is 0 Å². The molecule has 0 fully saturated rings. The van der Waals surface area contributed by atoms with E-state index in [0.717, 1.165) is 0 Å². The SMILES string of the molecule is CN1C(=O)C=CC1Cl. The van der Waals surface area contributed by atoms with E-state index >= 15 is 0 Å². The smallest absolute Gasteiger partial charge is 0.247 e. The van der Waals surface area contributed by atoms with Crippen molar-refractivity contribution in [1.29, 1.82) is 0 Å². The zero-order valence-electron chi connectivity index (χ0n) is 4.47. The maximum atomic E-state index is 10.5. The zero-order chi connectivity index (χ0) is 6.15. The summed E-state index contributed by atoms with van der Waals surface area (Å²) in [4.78, 5) is 12.0. The molecule has 1 heterocycles. The number of amides is 1. The fraction of sp³-hybridized carbons (Fsp3) is 0.400. The van der Waals surface area contributed by atoms with E-state index in [1.54, 1.807) is 13.1 Å². The van der Waals surface area contributed by atoms with Crippen molar-refractivity contribution < 1.29 is 4.79 Å². The normalized spacial score (nSPS) is 27.5. The lowest BCUT2D eigenvalue weighted by molar-refractivity contribution is -0.123. The molecule has 8 heavy (non-hydrogen) atoms. The second-order valence-electron chi connectivity index (χ2n) is 1.68. The average Bonchev–Trinajstić information content (AvgIpc) is 1.98. The van der Waals surface area contributed by atoms with Crippen LogP contribution in [0.5, 0.6) is 0 Å². The van der Waals surface area contributed by atoms with E-state index in [4.69, 9.17) is 11.6 Å². The van der Waals surface area contributed by atoms with Crippen molar-refractivity contribution in [3.05, 3.63) is 12.2 Å². The number of halogens is 1. The van der Waals surface area contributed by atoms with E-state index in [1.165, 1.54) is 11.0 Å². The van der Waals surface area contributed by atoms with Gasteiger partial charge in [0.1, 0.15) is 5.50 Å². The maximum absolute atomic E-state index is 10.5. The van der Waals surface area contributed by atoms with Gasteiger partial charge in [0.15, 0.2) is 0 Å². The van der Waals surface area contributed by atoms with E-state index < -0.39 is 0 Å². The van der Waals surface area contributed by atoms with Crippen LogP contribution in [0.2, 0.25) is 0 Å². The average molecular weight is 132 g/mol. The van der Waals surface area contributed by atoms with Crippen molar-refractivity contribution in [2.45, 2.75) is 5.50 Å². The van der Waals surface area contributed by atoms with Gasteiger partial charge in [-0.1, -0.05) is 11.6 Å². The number of hydrogen-bond donors (Lipinski definition) is 0. The lowest BCUT2D eigenvalue weighted by atomic mass is 10.6. The van der Waals surface area contributed by atoms with E-state index in [-0.39, 0.29) is 11.4 Å². The Morgan fingerprint density at radius 2 is 2.50 bits per heavy atom. The van der Waals surface area contributed by atoms with Gasteiger partial charge in [-0.05, 0) is 6.08 Å². The number of carbonyl (C=O) groups is 1. The lowest BCUT2D eigenvalue weighted by Crippen LogP contribution is -2.24. The fourth-order valence-electron chi connectivity index (χ4n) is 0.530. The van der Waals surface area contributed by atoms with Crippen LogP contribution in [-0.4, -0.2) is 23.4 Å². The third-order valence-corrected chi connectivity index (χ3v) is 1.55. The number of hydrogen-bond acceptors (Lipinski definition) is 1. The molecule has 2 nitrogen and oxygen atoms in total. The van der Waals surface area contributed by atoms with Gasteiger partial charge in [0.05, 0.1) is 0 Å². The van der Waals surface area contributed by atoms with Crippen LogP contribution in [0.15, 0.2) is 12.2 Å². The van der Waals surface area contributed by atoms with Crippen molar-refractivity contribution in [1.82, 2.24) is 4.90 Å². The highest BCUT2D eigenvalue weighted by Crippen LogP contribution is 2.10. The summed E-state index contributed by atoms with van der Waals surface area (Å²) in [6.45, 7) is 0. The highest BCUT2D eigenvalue weighted by Gasteiger charge is 2.17. The molecule has 0 aromatic heterocycles. The molecule has 0 aromatic carbocycles. The van der Waals surface area contributed by atoms with Crippen molar-refractivity contribution in [2.24, 2.45) is 0 Å². The Balaban J connectivity index is 2.69. The molecule has 0 aliphatic carbocycles. The number of likely N-dealkylation sites (N-methyl/N-ethyl adjacent to an activating group) is 1. The molecular weight excluding hydrogens is 126 g/mol. The molecule has 0 N–H and O–H groups in total. The Bertz CT molecular complexity index is 143. The summed E-state index contributed by atoms with van der Waals surface area (Å²) in [5.74, 6) is -0.0231. The molecule has 0 saturated carbocycles. The molecule has 0 saturated heterocycles. The molecule has 44 valence electrons. The first-order valence-corrected chi connectivity index (χ1v) is 2.74. The lowest BCUT2D eigenvalue weighted by Gasteiger charge is -2.11. The highest BCUT2D eigenvalue weighted by atomic mass is 35.5. The molecule has 1 unspecified atom stereocenters. The molecule has 0 radical (unpaired) electrons. The summed E-state index contributed by atoms with van der Waals surface area (Å²) in [6.07, 6.45) is 3.13. The third kappa shape index (κ3) is 0.713.